The number of hydrogen-bond acceptors (Lipinski definition) is 3. The average Bonchev–Trinajstić information content (AvgIpc) is 2.76. The lowest BCUT2D eigenvalue weighted by Gasteiger charge is -2.40. The van der Waals surface area contributed by atoms with Gasteiger partial charge in [0.2, 0.25) is 0 Å². The van der Waals surface area contributed by atoms with Crippen molar-refractivity contribution in [2.45, 2.75) is 5.60 Å². The lowest BCUT2D eigenvalue weighted by Crippen LogP contribution is -2.51. The Bertz CT molecular complexity index is 789. The molecule has 1 aliphatic heterocycles. The second-order valence-corrected chi connectivity index (χ2v) is 7.19. The van der Waals surface area contributed by atoms with Crippen molar-refractivity contribution in [1.29, 1.82) is 0 Å². The molecule has 0 saturated carbocycles. The minimum absolute atomic E-state index is 0.601. The van der Waals surface area contributed by atoms with Crippen LogP contribution < -0.4 is 4.90 Å². The van der Waals surface area contributed by atoms with Crippen molar-refractivity contribution in [3.8, 4) is 0 Å². The van der Waals surface area contributed by atoms with Crippen LogP contribution >= 0.6 is 0 Å². The largest absolute Gasteiger partial charge is 0.379 e. The Hall–Kier alpha value is -2.62. The van der Waals surface area contributed by atoms with Gasteiger partial charge in [-0.1, -0.05) is 78.9 Å². The van der Waals surface area contributed by atoms with Crippen molar-refractivity contribution < 1.29 is 5.11 Å². The number of hydrogen-bond donors (Lipinski definition) is 1. The van der Waals surface area contributed by atoms with Crippen LogP contribution in [0.3, 0.4) is 0 Å². The molecule has 1 fully saturated rings. The topological polar surface area (TPSA) is 26.7 Å². The Morgan fingerprint density at radius 2 is 1.07 bits per heavy atom. The Morgan fingerprint density at radius 3 is 1.56 bits per heavy atom. The van der Waals surface area contributed by atoms with Gasteiger partial charge in [0.25, 0.3) is 0 Å². The number of anilines is 1. The predicted octanol–water partition coefficient (Wildman–Crippen LogP) is 3.74. The van der Waals surface area contributed by atoms with Gasteiger partial charge < -0.3 is 10.0 Å². The zero-order chi connectivity index (χ0) is 18.5. The summed E-state index contributed by atoms with van der Waals surface area (Å²) in [4.78, 5) is 4.79. The van der Waals surface area contributed by atoms with E-state index in [9.17, 15) is 5.11 Å². The molecule has 1 saturated heterocycles. The minimum Gasteiger partial charge on any atom is -0.379 e. The third kappa shape index (κ3) is 3.90. The molecule has 0 radical (unpaired) electrons. The van der Waals surface area contributed by atoms with Gasteiger partial charge >= 0.3 is 0 Å². The van der Waals surface area contributed by atoms with Gasteiger partial charge in [0.1, 0.15) is 5.60 Å². The third-order valence-corrected chi connectivity index (χ3v) is 5.45. The normalized spacial score (nSPS) is 15.7. The van der Waals surface area contributed by atoms with Gasteiger partial charge in [-0.15, -0.1) is 0 Å². The number of rotatable bonds is 5. The summed E-state index contributed by atoms with van der Waals surface area (Å²) in [5, 5.41) is 11.7. The maximum atomic E-state index is 11.7. The number of nitrogens with zero attached hydrogens (tertiary/aromatic N) is 2. The quantitative estimate of drug-likeness (QED) is 0.753. The van der Waals surface area contributed by atoms with Gasteiger partial charge in [-0.05, 0) is 23.3 Å². The van der Waals surface area contributed by atoms with Crippen LogP contribution in [-0.2, 0) is 5.60 Å². The molecule has 27 heavy (non-hydrogen) atoms. The summed E-state index contributed by atoms with van der Waals surface area (Å²) in [5.74, 6) is 0. The van der Waals surface area contributed by atoms with Crippen molar-refractivity contribution in [1.82, 2.24) is 4.90 Å². The van der Waals surface area contributed by atoms with E-state index in [-0.39, 0.29) is 0 Å². The molecule has 3 heteroatoms. The van der Waals surface area contributed by atoms with Gasteiger partial charge in [-0.3, -0.25) is 4.90 Å². The summed E-state index contributed by atoms with van der Waals surface area (Å²) in [7, 11) is 0. The Balaban J connectivity index is 1.52. The van der Waals surface area contributed by atoms with Crippen LogP contribution in [-0.4, -0.2) is 42.7 Å². The summed E-state index contributed by atoms with van der Waals surface area (Å²) >= 11 is 0. The SMILES string of the molecule is OC(CN1CCN(c2ccccc2)CC1)(c1ccccc1)c1ccccc1. The van der Waals surface area contributed by atoms with Crippen LogP contribution in [0.25, 0.3) is 0 Å². The monoisotopic (exact) mass is 358 g/mol. The fourth-order valence-electron chi connectivity index (χ4n) is 3.90. The van der Waals surface area contributed by atoms with Crippen LogP contribution in [0.15, 0.2) is 91.0 Å². The second kappa shape index (κ2) is 7.95. The number of benzene rings is 3. The standard InChI is InChI=1S/C24H26N2O/c27-24(21-10-4-1-5-11-21,22-12-6-2-7-13-22)20-25-16-18-26(19-17-25)23-14-8-3-9-15-23/h1-15,27H,16-20H2. The van der Waals surface area contributed by atoms with Crippen molar-refractivity contribution >= 4 is 5.69 Å². The van der Waals surface area contributed by atoms with Crippen molar-refractivity contribution in [3.63, 3.8) is 0 Å². The van der Waals surface area contributed by atoms with Gasteiger partial charge in [-0.2, -0.15) is 0 Å². The molecule has 0 amide bonds. The summed E-state index contributed by atoms with van der Waals surface area (Å²) < 4.78 is 0. The summed E-state index contributed by atoms with van der Waals surface area (Å²) in [6, 6.07) is 30.6. The van der Waals surface area contributed by atoms with Crippen LogP contribution in [0.1, 0.15) is 11.1 Å². The zero-order valence-corrected chi connectivity index (χ0v) is 15.5. The van der Waals surface area contributed by atoms with E-state index in [0.29, 0.717) is 6.54 Å². The molecule has 0 atom stereocenters. The summed E-state index contributed by atoms with van der Waals surface area (Å²) in [6.07, 6.45) is 0. The van der Waals surface area contributed by atoms with E-state index in [1.54, 1.807) is 0 Å². The van der Waals surface area contributed by atoms with Crippen molar-refractivity contribution in [2.24, 2.45) is 0 Å². The van der Waals surface area contributed by atoms with Crippen molar-refractivity contribution in [3.05, 3.63) is 102 Å². The Kier molecular flexibility index (Phi) is 5.23. The molecule has 3 aromatic carbocycles. The Labute approximate surface area is 161 Å². The number of β-amino-alcohol motifs (C(OH)–C–C–N with tert-alkyl or cyclic N) is 1. The molecule has 1 N–H and O–H groups in total. The number of piperazine rings is 1. The molecule has 3 nitrogen and oxygen atoms in total. The van der Waals surface area contributed by atoms with Crippen LogP contribution in [0.5, 0.6) is 0 Å². The van der Waals surface area contributed by atoms with E-state index in [2.05, 4.69) is 40.1 Å². The lowest BCUT2D eigenvalue weighted by molar-refractivity contribution is 0.0337. The van der Waals surface area contributed by atoms with E-state index >= 15 is 0 Å². The molecule has 1 heterocycles. The molecule has 0 spiro atoms. The van der Waals surface area contributed by atoms with Gasteiger partial charge in [0, 0.05) is 38.4 Å². The molecule has 1 aliphatic rings. The van der Waals surface area contributed by atoms with E-state index in [0.717, 1.165) is 37.3 Å². The summed E-state index contributed by atoms with van der Waals surface area (Å²) in [5.41, 5.74) is 2.17. The fraction of sp³-hybridized carbons (Fsp3) is 0.250. The molecular formula is C24H26N2O. The van der Waals surface area contributed by atoms with E-state index < -0.39 is 5.60 Å². The second-order valence-electron chi connectivity index (χ2n) is 7.19. The summed E-state index contributed by atoms with van der Waals surface area (Å²) in [6.45, 7) is 4.44. The smallest absolute Gasteiger partial charge is 0.127 e. The molecule has 0 aliphatic carbocycles. The average molecular weight is 358 g/mol. The highest BCUT2D eigenvalue weighted by Gasteiger charge is 2.34. The fourth-order valence-corrected chi connectivity index (χ4v) is 3.90. The molecule has 3 aromatic rings. The van der Waals surface area contributed by atoms with Gasteiger partial charge in [0.15, 0.2) is 0 Å². The maximum absolute atomic E-state index is 11.7. The first kappa shape index (κ1) is 17.8. The molecule has 4 rings (SSSR count). The van der Waals surface area contributed by atoms with E-state index in [1.165, 1.54) is 5.69 Å². The minimum atomic E-state index is -1.00. The van der Waals surface area contributed by atoms with E-state index in [1.807, 2.05) is 60.7 Å². The predicted molar refractivity (Wildman–Crippen MR) is 111 cm³/mol. The molecule has 0 aromatic heterocycles. The first-order chi connectivity index (χ1) is 13.3. The number of aliphatic hydroxyl groups is 1. The molecule has 0 bridgehead atoms. The van der Waals surface area contributed by atoms with Gasteiger partial charge in [0.05, 0.1) is 0 Å². The van der Waals surface area contributed by atoms with Crippen LogP contribution in [0.2, 0.25) is 0 Å². The molecule has 138 valence electrons. The van der Waals surface area contributed by atoms with E-state index in [4.69, 9.17) is 0 Å². The molecule has 0 unspecified atom stereocenters. The number of para-hydroxylation sites is 1. The first-order valence-electron chi connectivity index (χ1n) is 9.61. The zero-order valence-electron chi connectivity index (χ0n) is 15.5. The lowest BCUT2D eigenvalue weighted by atomic mass is 9.85. The highest BCUT2D eigenvalue weighted by Crippen LogP contribution is 2.31. The first-order valence-corrected chi connectivity index (χ1v) is 9.61. The molecular weight excluding hydrogens is 332 g/mol. The third-order valence-electron chi connectivity index (χ3n) is 5.45. The highest BCUT2D eigenvalue weighted by molar-refractivity contribution is 5.46. The Morgan fingerprint density at radius 1 is 0.630 bits per heavy atom. The van der Waals surface area contributed by atoms with Gasteiger partial charge in [-0.25, -0.2) is 0 Å². The maximum Gasteiger partial charge on any atom is 0.127 e. The van der Waals surface area contributed by atoms with Crippen LogP contribution in [0, 0.1) is 0 Å². The van der Waals surface area contributed by atoms with Crippen molar-refractivity contribution in [2.75, 3.05) is 37.6 Å². The highest BCUT2D eigenvalue weighted by atomic mass is 16.3. The van der Waals surface area contributed by atoms with Crippen LogP contribution in [0.4, 0.5) is 5.69 Å².